The summed E-state index contributed by atoms with van der Waals surface area (Å²) in [6.07, 6.45) is 1.02. The van der Waals surface area contributed by atoms with Gasteiger partial charge in [-0.1, -0.05) is 0 Å². The Morgan fingerprint density at radius 1 is 1.27 bits per heavy atom. The van der Waals surface area contributed by atoms with Gasteiger partial charge in [0.15, 0.2) is 0 Å². The summed E-state index contributed by atoms with van der Waals surface area (Å²) in [5.74, 6) is 0. The van der Waals surface area contributed by atoms with Crippen LogP contribution in [-0.4, -0.2) is 39.1 Å². The molecule has 0 aromatic heterocycles. The molecule has 0 fully saturated rings. The van der Waals surface area contributed by atoms with Crippen LogP contribution in [-0.2, 0) is 14.3 Å². The van der Waals surface area contributed by atoms with Crippen molar-refractivity contribution in [2.24, 2.45) is 0 Å². The highest BCUT2D eigenvalue weighted by atomic mass is 16.5. The standard InChI is InChI=1S/C6H12N2O3/c1-11-6(2-7-4-9)3-8-5-10/h4-6H,2-3H2,1H3,(H,7,9)(H,8,10). The summed E-state index contributed by atoms with van der Waals surface area (Å²) in [4.78, 5) is 19.7. The van der Waals surface area contributed by atoms with E-state index in [0.717, 1.165) is 0 Å². The summed E-state index contributed by atoms with van der Waals surface area (Å²) in [7, 11) is 1.52. The second-order valence-corrected chi connectivity index (χ2v) is 1.91. The third-order valence-electron chi connectivity index (χ3n) is 1.19. The number of rotatable bonds is 7. The highest BCUT2D eigenvalue weighted by Crippen LogP contribution is 1.83. The molecule has 0 aliphatic carbocycles. The van der Waals surface area contributed by atoms with Gasteiger partial charge < -0.3 is 15.4 Å². The fourth-order valence-corrected chi connectivity index (χ4v) is 0.598. The minimum absolute atomic E-state index is 0.162. The molecule has 0 rings (SSSR count). The Hall–Kier alpha value is -1.10. The van der Waals surface area contributed by atoms with Gasteiger partial charge in [0.25, 0.3) is 0 Å². The first-order chi connectivity index (χ1) is 5.35. The fourth-order valence-electron chi connectivity index (χ4n) is 0.598. The molecule has 0 bridgehead atoms. The number of hydrogen-bond donors (Lipinski definition) is 2. The molecular weight excluding hydrogens is 148 g/mol. The van der Waals surface area contributed by atoms with E-state index in [0.29, 0.717) is 25.9 Å². The molecular formula is C6H12N2O3. The van der Waals surface area contributed by atoms with Crippen LogP contribution in [0.15, 0.2) is 0 Å². The second kappa shape index (κ2) is 7.01. The topological polar surface area (TPSA) is 67.4 Å². The summed E-state index contributed by atoms with van der Waals surface area (Å²) in [6, 6.07) is 0. The Morgan fingerprint density at radius 3 is 2.00 bits per heavy atom. The predicted molar refractivity (Wildman–Crippen MR) is 38.9 cm³/mol. The molecule has 5 nitrogen and oxygen atoms in total. The quantitative estimate of drug-likeness (QED) is 0.445. The van der Waals surface area contributed by atoms with E-state index in [-0.39, 0.29) is 6.10 Å². The summed E-state index contributed by atoms with van der Waals surface area (Å²) in [5, 5.41) is 4.89. The van der Waals surface area contributed by atoms with E-state index in [4.69, 9.17) is 4.74 Å². The summed E-state index contributed by atoms with van der Waals surface area (Å²) in [6.45, 7) is 0.807. The van der Waals surface area contributed by atoms with Crippen molar-refractivity contribution in [1.29, 1.82) is 0 Å². The van der Waals surface area contributed by atoms with Gasteiger partial charge in [-0.3, -0.25) is 9.59 Å². The first-order valence-corrected chi connectivity index (χ1v) is 3.22. The van der Waals surface area contributed by atoms with Gasteiger partial charge in [0.1, 0.15) is 0 Å². The lowest BCUT2D eigenvalue weighted by molar-refractivity contribution is -0.110. The molecule has 0 aromatic carbocycles. The van der Waals surface area contributed by atoms with E-state index < -0.39 is 0 Å². The minimum Gasteiger partial charge on any atom is -0.378 e. The molecule has 0 aliphatic rings. The molecule has 0 atom stereocenters. The van der Waals surface area contributed by atoms with Crippen molar-refractivity contribution >= 4 is 12.8 Å². The molecule has 0 saturated heterocycles. The highest BCUT2D eigenvalue weighted by Gasteiger charge is 2.03. The summed E-state index contributed by atoms with van der Waals surface area (Å²) < 4.78 is 4.91. The third kappa shape index (κ3) is 5.35. The van der Waals surface area contributed by atoms with E-state index in [1.807, 2.05) is 0 Å². The third-order valence-corrected chi connectivity index (χ3v) is 1.19. The molecule has 0 spiro atoms. The van der Waals surface area contributed by atoms with Crippen molar-refractivity contribution in [3.63, 3.8) is 0 Å². The largest absolute Gasteiger partial charge is 0.378 e. The second-order valence-electron chi connectivity index (χ2n) is 1.91. The zero-order chi connectivity index (χ0) is 8.53. The van der Waals surface area contributed by atoms with Crippen molar-refractivity contribution in [2.75, 3.05) is 20.2 Å². The maximum Gasteiger partial charge on any atom is 0.207 e. The van der Waals surface area contributed by atoms with Crippen LogP contribution >= 0.6 is 0 Å². The van der Waals surface area contributed by atoms with Gasteiger partial charge in [0, 0.05) is 20.2 Å². The number of carbonyl (C=O) groups excluding carboxylic acids is 2. The van der Waals surface area contributed by atoms with Crippen molar-refractivity contribution in [3.8, 4) is 0 Å². The van der Waals surface area contributed by atoms with Crippen molar-refractivity contribution in [1.82, 2.24) is 10.6 Å². The number of hydrogen-bond acceptors (Lipinski definition) is 3. The average Bonchev–Trinajstić information content (AvgIpc) is 2.05. The first kappa shape index (κ1) is 9.90. The van der Waals surface area contributed by atoms with Crippen molar-refractivity contribution < 1.29 is 14.3 Å². The highest BCUT2D eigenvalue weighted by molar-refractivity contribution is 5.46. The molecule has 2 amide bonds. The van der Waals surface area contributed by atoms with Gasteiger partial charge in [0.2, 0.25) is 12.8 Å². The van der Waals surface area contributed by atoms with Gasteiger partial charge in [-0.25, -0.2) is 0 Å². The number of methoxy groups -OCH3 is 1. The number of amides is 2. The molecule has 0 radical (unpaired) electrons. The van der Waals surface area contributed by atoms with Crippen LogP contribution in [0.1, 0.15) is 0 Å². The molecule has 11 heavy (non-hydrogen) atoms. The van der Waals surface area contributed by atoms with Crippen molar-refractivity contribution in [2.45, 2.75) is 6.10 Å². The monoisotopic (exact) mass is 160 g/mol. The molecule has 0 unspecified atom stereocenters. The molecule has 0 aliphatic heterocycles. The first-order valence-electron chi connectivity index (χ1n) is 3.22. The Morgan fingerprint density at radius 2 is 1.73 bits per heavy atom. The Balaban J connectivity index is 3.39. The lowest BCUT2D eigenvalue weighted by atomic mass is 10.3. The fraction of sp³-hybridized carbons (Fsp3) is 0.667. The number of ether oxygens (including phenoxy) is 1. The van der Waals surface area contributed by atoms with E-state index >= 15 is 0 Å². The zero-order valence-corrected chi connectivity index (χ0v) is 6.37. The molecule has 64 valence electrons. The maximum atomic E-state index is 9.84. The smallest absolute Gasteiger partial charge is 0.207 e. The van der Waals surface area contributed by atoms with Gasteiger partial charge in [-0.05, 0) is 0 Å². The molecule has 0 aromatic rings. The average molecular weight is 160 g/mol. The van der Waals surface area contributed by atoms with E-state index in [2.05, 4.69) is 10.6 Å². The van der Waals surface area contributed by atoms with Gasteiger partial charge in [-0.2, -0.15) is 0 Å². The van der Waals surface area contributed by atoms with E-state index in [1.54, 1.807) is 0 Å². The summed E-state index contributed by atoms with van der Waals surface area (Å²) in [5.41, 5.74) is 0. The Labute approximate surface area is 65.1 Å². The van der Waals surface area contributed by atoms with E-state index in [9.17, 15) is 9.59 Å². The zero-order valence-electron chi connectivity index (χ0n) is 6.37. The van der Waals surface area contributed by atoms with Gasteiger partial charge in [0.05, 0.1) is 6.10 Å². The van der Waals surface area contributed by atoms with Crippen LogP contribution in [0.25, 0.3) is 0 Å². The number of carbonyl (C=O) groups is 2. The Kier molecular flexibility index (Phi) is 6.31. The van der Waals surface area contributed by atoms with Crippen LogP contribution in [0.4, 0.5) is 0 Å². The lowest BCUT2D eigenvalue weighted by Gasteiger charge is -2.12. The van der Waals surface area contributed by atoms with Crippen molar-refractivity contribution in [3.05, 3.63) is 0 Å². The van der Waals surface area contributed by atoms with Crippen LogP contribution in [0, 0.1) is 0 Å². The lowest BCUT2D eigenvalue weighted by Crippen LogP contribution is -2.35. The van der Waals surface area contributed by atoms with Gasteiger partial charge >= 0.3 is 0 Å². The van der Waals surface area contributed by atoms with Crippen LogP contribution in [0.5, 0.6) is 0 Å². The minimum atomic E-state index is -0.162. The molecule has 0 saturated carbocycles. The van der Waals surface area contributed by atoms with Gasteiger partial charge in [-0.15, -0.1) is 0 Å². The molecule has 2 N–H and O–H groups in total. The SMILES string of the molecule is COC(CNC=O)CNC=O. The normalized spacial score (nSPS) is 9.27. The predicted octanol–water partition coefficient (Wildman–Crippen LogP) is -1.51. The summed E-state index contributed by atoms with van der Waals surface area (Å²) >= 11 is 0. The van der Waals surface area contributed by atoms with Crippen LogP contribution in [0.3, 0.4) is 0 Å². The molecule has 5 heteroatoms. The van der Waals surface area contributed by atoms with Crippen LogP contribution < -0.4 is 10.6 Å². The number of nitrogens with one attached hydrogen (secondary N) is 2. The maximum absolute atomic E-state index is 9.84. The Bertz CT molecular complexity index is 106. The van der Waals surface area contributed by atoms with Crippen LogP contribution in [0.2, 0.25) is 0 Å². The van der Waals surface area contributed by atoms with E-state index in [1.165, 1.54) is 7.11 Å². The molecule has 0 heterocycles.